The molecule has 1 unspecified atom stereocenters. The topological polar surface area (TPSA) is 123 Å². The molecule has 0 radical (unpaired) electrons. The van der Waals surface area contributed by atoms with Crippen molar-refractivity contribution in [3.8, 4) is 6.07 Å². The van der Waals surface area contributed by atoms with Gasteiger partial charge in [-0.1, -0.05) is 11.6 Å². The van der Waals surface area contributed by atoms with Gasteiger partial charge in [-0.05, 0) is 31.2 Å². The minimum atomic E-state index is -0.532. The Morgan fingerprint density at radius 2 is 2.07 bits per heavy atom. The fourth-order valence-corrected chi connectivity index (χ4v) is 2.97. The number of aromatic nitrogens is 2. The summed E-state index contributed by atoms with van der Waals surface area (Å²) in [7, 11) is 1.55. The summed E-state index contributed by atoms with van der Waals surface area (Å²) in [5.74, 6) is -0.201. The molecule has 0 aliphatic rings. The lowest BCUT2D eigenvalue weighted by Crippen LogP contribution is -2.35. The van der Waals surface area contributed by atoms with Crippen molar-refractivity contribution < 1.29 is 4.79 Å². The molecule has 1 amide bonds. The highest BCUT2D eigenvalue weighted by molar-refractivity contribution is 6.31. The Morgan fingerprint density at radius 3 is 2.79 bits per heavy atom. The van der Waals surface area contributed by atoms with Crippen molar-refractivity contribution in [1.82, 2.24) is 15.3 Å². The van der Waals surface area contributed by atoms with Crippen molar-refractivity contribution in [3.63, 3.8) is 0 Å². The molecule has 1 aromatic carbocycles. The van der Waals surface area contributed by atoms with Crippen LogP contribution in [0, 0.1) is 11.3 Å². The standard InChI is InChI=1S/C19H17ClN6O2/c1-10(19(28)22-2)24-16-8-17(27)26-14-4-3-11(7-12(14)16)25-15-5-6-23-18(20)13(15)9-21/h3-8,10H,1-2H3,(H,22,28)(H,23,25)(H2,24,26,27). The van der Waals surface area contributed by atoms with Crippen LogP contribution in [0.5, 0.6) is 0 Å². The first-order valence-electron chi connectivity index (χ1n) is 8.39. The molecule has 0 bridgehead atoms. The first-order chi connectivity index (χ1) is 13.4. The largest absolute Gasteiger partial charge is 0.373 e. The molecule has 8 nitrogen and oxygen atoms in total. The summed E-state index contributed by atoms with van der Waals surface area (Å²) in [4.78, 5) is 30.4. The average Bonchev–Trinajstić information content (AvgIpc) is 2.67. The molecule has 0 saturated carbocycles. The summed E-state index contributed by atoms with van der Waals surface area (Å²) >= 11 is 5.97. The lowest BCUT2D eigenvalue weighted by molar-refractivity contribution is -0.121. The van der Waals surface area contributed by atoms with E-state index in [1.807, 2.05) is 6.07 Å². The maximum Gasteiger partial charge on any atom is 0.250 e. The van der Waals surface area contributed by atoms with Crippen molar-refractivity contribution in [2.75, 3.05) is 17.7 Å². The molecule has 2 aromatic heterocycles. The molecule has 0 spiro atoms. The zero-order valence-electron chi connectivity index (χ0n) is 15.1. The maximum absolute atomic E-state index is 12.0. The van der Waals surface area contributed by atoms with Crippen LogP contribution in [0.4, 0.5) is 17.1 Å². The van der Waals surface area contributed by atoms with E-state index in [1.165, 1.54) is 12.3 Å². The zero-order valence-corrected chi connectivity index (χ0v) is 15.9. The first-order valence-corrected chi connectivity index (χ1v) is 8.77. The lowest BCUT2D eigenvalue weighted by Gasteiger charge is -2.16. The second-order valence-corrected chi connectivity index (χ2v) is 6.41. The van der Waals surface area contributed by atoms with Gasteiger partial charge in [0.1, 0.15) is 22.8 Å². The quantitative estimate of drug-likeness (QED) is 0.492. The van der Waals surface area contributed by atoms with E-state index in [2.05, 4.69) is 25.9 Å². The number of H-pyrrole nitrogens is 1. The summed E-state index contributed by atoms with van der Waals surface area (Å²) in [6, 6.07) is 9.85. The highest BCUT2D eigenvalue weighted by atomic mass is 35.5. The van der Waals surface area contributed by atoms with Gasteiger partial charge in [0.05, 0.1) is 11.2 Å². The number of benzene rings is 1. The van der Waals surface area contributed by atoms with Crippen LogP contribution in [0.2, 0.25) is 5.15 Å². The number of hydrogen-bond donors (Lipinski definition) is 4. The average molecular weight is 397 g/mol. The van der Waals surface area contributed by atoms with Gasteiger partial charge < -0.3 is 20.9 Å². The molecule has 4 N–H and O–H groups in total. The third-order valence-electron chi connectivity index (χ3n) is 4.15. The SMILES string of the molecule is CNC(=O)C(C)Nc1cc(=O)[nH]c2ccc(Nc3ccnc(Cl)c3C#N)cc12. The van der Waals surface area contributed by atoms with E-state index in [-0.39, 0.29) is 22.2 Å². The molecular formula is C19H17ClN6O2. The van der Waals surface area contributed by atoms with Crippen molar-refractivity contribution >= 4 is 45.5 Å². The number of amides is 1. The van der Waals surface area contributed by atoms with E-state index < -0.39 is 6.04 Å². The van der Waals surface area contributed by atoms with Crippen LogP contribution >= 0.6 is 11.6 Å². The molecule has 3 rings (SSSR count). The molecule has 1 atom stereocenters. The number of aromatic amines is 1. The molecule has 0 aliphatic heterocycles. The predicted octanol–water partition coefficient (Wildman–Crippen LogP) is 2.74. The number of halogens is 1. The number of nitrogens with zero attached hydrogens (tertiary/aromatic N) is 2. The molecule has 0 fully saturated rings. The lowest BCUT2D eigenvalue weighted by atomic mass is 10.1. The van der Waals surface area contributed by atoms with Gasteiger partial charge in [-0.25, -0.2) is 4.98 Å². The minimum absolute atomic E-state index is 0.111. The number of rotatable bonds is 5. The van der Waals surface area contributed by atoms with E-state index in [0.29, 0.717) is 28.0 Å². The summed E-state index contributed by atoms with van der Waals surface area (Å²) in [5.41, 5.74) is 2.27. The Bertz CT molecular complexity index is 1150. The van der Waals surface area contributed by atoms with Gasteiger partial charge >= 0.3 is 0 Å². The van der Waals surface area contributed by atoms with Crippen LogP contribution in [0.25, 0.3) is 10.9 Å². The third-order valence-corrected chi connectivity index (χ3v) is 4.44. The zero-order chi connectivity index (χ0) is 20.3. The van der Waals surface area contributed by atoms with Crippen LogP contribution in [0.3, 0.4) is 0 Å². The van der Waals surface area contributed by atoms with Gasteiger partial charge in [0.25, 0.3) is 0 Å². The number of nitrogens with one attached hydrogen (secondary N) is 4. The van der Waals surface area contributed by atoms with E-state index >= 15 is 0 Å². The smallest absolute Gasteiger partial charge is 0.250 e. The predicted molar refractivity (Wildman–Crippen MR) is 109 cm³/mol. The van der Waals surface area contributed by atoms with Crippen molar-refractivity contribution in [3.05, 3.63) is 57.6 Å². The molecule has 0 saturated heterocycles. The Hall–Kier alpha value is -3.57. The van der Waals surface area contributed by atoms with Gasteiger partial charge in [0, 0.05) is 36.1 Å². The monoisotopic (exact) mass is 396 g/mol. The molecule has 2 heterocycles. The van der Waals surface area contributed by atoms with Gasteiger partial charge in [0.2, 0.25) is 11.5 Å². The fraction of sp³-hybridized carbons (Fsp3) is 0.158. The maximum atomic E-state index is 12.0. The van der Waals surface area contributed by atoms with Crippen molar-refractivity contribution in [2.24, 2.45) is 0 Å². The highest BCUT2D eigenvalue weighted by Crippen LogP contribution is 2.28. The molecule has 142 valence electrons. The summed E-state index contributed by atoms with van der Waals surface area (Å²) in [5, 5.41) is 18.9. The van der Waals surface area contributed by atoms with Crippen LogP contribution in [-0.4, -0.2) is 29.0 Å². The Morgan fingerprint density at radius 1 is 1.29 bits per heavy atom. The number of carbonyl (C=O) groups excluding carboxylic acids is 1. The summed E-state index contributed by atoms with van der Waals surface area (Å²) in [6.07, 6.45) is 1.50. The number of pyridine rings is 2. The second-order valence-electron chi connectivity index (χ2n) is 6.05. The number of nitriles is 1. The van der Waals surface area contributed by atoms with E-state index in [0.717, 1.165) is 0 Å². The third kappa shape index (κ3) is 3.89. The van der Waals surface area contributed by atoms with E-state index in [9.17, 15) is 14.9 Å². The Kier molecular flexibility index (Phi) is 5.47. The van der Waals surface area contributed by atoms with Crippen LogP contribution in [0.1, 0.15) is 12.5 Å². The molecule has 3 aromatic rings. The summed E-state index contributed by atoms with van der Waals surface area (Å²) in [6.45, 7) is 1.70. The molecular weight excluding hydrogens is 380 g/mol. The fourth-order valence-electron chi connectivity index (χ4n) is 2.77. The molecule has 0 aliphatic carbocycles. The highest BCUT2D eigenvalue weighted by Gasteiger charge is 2.14. The van der Waals surface area contributed by atoms with Gasteiger partial charge in [-0.3, -0.25) is 9.59 Å². The number of hydrogen-bond acceptors (Lipinski definition) is 6. The van der Waals surface area contributed by atoms with Gasteiger partial charge in [0.15, 0.2) is 0 Å². The van der Waals surface area contributed by atoms with Gasteiger partial charge in [-0.15, -0.1) is 0 Å². The Balaban J connectivity index is 2.03. The first kappa shape index (κ1) is 19.2. The number of carbonyl (C=O) groups is 1. The van der Waals surface area contributed by atoms with E-state index in [4.69, 9.17) is 11.6 Å². The summed E-state index contributed by atoms with van der Waals surface area (Å²) < 4.78 is 0. The van der Waals surface area contributed by atoms with Crippen LogP contribution in [-0.2, 0) is 4.79 Å². The normalized spacial score (nSPS) is 11.5. The van der Waals surface area contributed by atoms with Gasteiger partial charge in [-0.2, -0.15) is 5.26 Å². The van der Waals surface area contributed by atoms with E-state index in [1.54, 1.807) is 38.2 Å². The van der Waals surface area contributed by atoms with Crippen molar-refractivity contribution in [2.45, 2.75) is 13.0 Å². The Labute approximate surface area is 165 Å². The molecule has 28 heavy (non-hydrogen) atoms. The number of anilines is 3. The van der Waals surface area contributed by atoms with Crippen LogP contribution in [0.15, 0.2) is 41.3 Å². The number of likely N-dealkylation sites (N-methyl/N-ethyl adjacent to an activating group) is 1. The van der Waals surface area contributed by atoms with Crippen molar-refractivity contribution in [1.29, 1.82) is 5.26 Å². The second kappa shape index (κ2) is 7.98. The van der Waals surface area contributed by atoms with Crippen LogP contribution < -0.4 is 21.5 Å². The minimum Gasteiger partial charge on any atom is -0.373 e. The number of fused-ring (bicyclic) bond motifs is 1. The molecule has 9 heteroatoms.